The molecule has 4 aromatic rings. The molecule has 0 spiro atoms. The molecule has 2 N–H and O–H groups in total. The number of ether oxygens (including phenoxy) is 2. The quantitative estimate of drug-likeness (QED) is 0.0871. The third-order valence-electron chi connectivity index (χ3n) is 13.9. The minimum atomic E-state index is -2.43. The van der Waals surface area contributed by atoms with E-state index in [1.165, 1.54) is 25.3 Å². The van der Waals surface area contributed by atoms with Gasteiger partial charge in [0, 0.05) is 43.5 Å². The number of carboxylic acid groups (broad SMARTS) is 1. The van der Waals surface area contributed by atoms with Gasteiger partial charge in [-0.2, -0.15) is 9.97 Å². The van der Waals surface area contributed by atoms with Gasteiger partial charge >= 0.3 is 12.0 Å². The Kier molecular flexibility index (Phi) is 11.3. The Morgan fingerprint density at radius 2 is 1.70 bits per heavy atom. The van der Waals surface area contributed by atoms with E-state index in [0.717, 1.165) is 32.2 Å². The maximum Gasteiger partial charge on any atom is 0.319 e. The van der Waals surface area contributed by atoms with Gasteiger partial charge in [0.05, 0.1) is 35.6 Å². The predicted molar refractivity (Wildman–Crippen MR) is 229 cm³/mol. The number of rotatable bonds is 11. The highest BCUT2D eigenvalue weighted by atomic mass is 28.3. The molecule has 5 heterocycles. The van der Waals surface area contributed by atoms with Crippen LogP contribution in [0, 0.1) is 28.9 Å². The van der Waals surface area contributed by atoms with E-state index in [4.69, 9.17) is 14.5 Å². The van der Waals surface area contributed by atoms with E-state index >= 15 is 13.2 Å². The lowest BCUT2D eigenvalue weighted by atomic mass is 9.90. The van der Waals surface area contributed by atoms with Crippen LogP contribution in [0.3, 0.4) is 0 Å². The van der Waals surface area contributed by atoms with E-state index in [2.05, 4.69) is 68.2 Å². The SMILES string of the molecule is COc1c(F)c(-c2cc(CC(=O)O)cc3ccc(F)c(C#C[Si](C(C)C)(C(C)C)C(C)C)c23)c(F)c2nc(OC[C@@]34CCCN3C[C@H](F)C4)nc(N3CC4CCC(C3)N4)c12. The zero-order chi connectivity index (χ0) is 42.8. The van der Waals surface area contributed by atoms with Crippen molar-refractivity contribution in [2.45, 2.75) is 120 Å². The average Bonchev–Trinajstić information content (AvgIpc) is 3.84. The molecule has 2 unspecified atom stereocenters. The van der Waals surface area contributed by atoms with Gasteiger partial charge in [-0.25, -0.2) is 17.6 Å². The molecule has 4 saturated heterocycles. The van der Waals surface area contributed by atoms with Crippen LogP contribution in [0.2, 0.25) is 16.6 Å². The molecule has 2 bridgehead atoms. The van der Waals surface area contributed by atoms with Crippen molar-refractivity contribution in [1.29, 1.82) is 0 Å². The number of hydrogen-bond acceptors (Lipinski definition) is 8. The molecular weight excluding hydrogens is 791 g/mol. The maximum absolute atomic E-state index is 17.9. The van der Waals surface area contributed by atoms with Crippen molar-refractivity contribution in [2.75, 3.05) is 44.8 Å². The van der Waals surface area contributed by atoms with Gasteiger partial charge in [-0.1, -0.05) is 59.6 Å². The summed E-state index contributed by atoms with van der Waals surface area (Å²) in [5.41, 5.74) is 3.05. The van der Waals surface area contributed by atoms with Crippen LogP contribution < -0.4 is 19.7 Å². The van der Waals surface area contributed by atoms with Crippen LogP contribution in [-0.2, 0) is 11.2 Å². The second-order valence-electron chi connectivity index (χ2n) is 18.4. The van der Waals surface area contributed by atoms with Gasteiger partial charge in [0.2, 0.25) is 0 Å². The van der Waals surface area contributed by atoms with E-state index in [-0.39, 0.29) is 85.9 Å². The maximum atomic E-state index is 17.9. The van der Waals surface area contributed by atoms with Crippen LogP contribution in [0.15, 0.2) is 24.3 Å². The molecule has 4 aliphatic heterocycles. The highest BCUT2D eigenvalue weighted by molar-refractivity contribution is 6.90. The van der Waals surface area contributed by atoms with Crippen LogP contribution in [0.4, 0.5) is 23.4 Å². The van der Waals surface area contributed by atoms with Crippen molar-refractivity contribution < 1.29 is 36.9 Å². The fourth-order valence-electron chi connectivity index (χ4n) is 11.3. The fraction of sp³-hybridized carbons (Fsp3) is 0.543. The van der Waals surface area contributed by atoms with Crippen molar-refractivity contribution in [1.82, 2.24) is 20.2 Å². The van der Waals surface area contributed by atoms with Gasteiger partial charge in [0.25, 0.3) is 0 Å². The van der Waals surface area contributed by atoms with Crippen molar-refractivity contribution in [3.8, 4) is 34.4 Å². The summed E-state index contributed by atoms with van der Waals surface area (Å²) < 4.78 is 78.8. The van der Waals surface area contributed by atoms with Gasteiger partial charge < -0.3 is 24.8 Å². The first-order chi connectivity index (χ1) is 28.6. The Morgan fingerprint density at radius 1 is 1.00 bits per heavy atom. The van der Waals surface area contributed by atoms with E-state index in [1.807, 2.05) is 4.90 Å². The summed E-state index contributed by atoms with van der Waals surface area (Å²) >= 11 is 0. The zero-order valence-electron chi connectivity index (χ0n) is 35.5. The molecule has 0 aliphatic carbocycles. The number of piperazine rings is 1. The lowest BCUT2D eigenvalue weighted by Crippen LogP contribution is -2.51. The molecule has 0 radical (unpaired) electrons. The number of alkyl halides is 1. The largest absolute Gasteiger partial charge is 0.493 e. The molecule has 1 aromatic heterocycles. The van der Waals surface area contributed by atoms with Gasteiger partial charge in [-0.15, -0.1) is 5.54 Å². The number of anilines is 1. The smallest absolute Gasteiger partial charge is 0.319 e. The zero-order valence-corrected chi connectivity index (χ0v) is 36.5. The summed E-state index contributed by atoms with van der Waals surface area (Å²) in [7, 11) is -1.13. The highest BCUT2D eigenvalue weighted by Gasteiger charge is 2.49. The third kappa shape index (κ3) is 7.18. The summed E-state index contributed by atoms with van der Waals surface area (Å²) in [6.07, 6.45) is 2.39. The second-order valence-corrected chi connectivity index (χ2v) is 24.0. The molecule has 0 amide bonds. The summed E-state index contributed by atoms with van der Waals surface area (Å²) in [5.74, 6) is -0.776. The molecule has 14 heteroatoms. The normalized spacial score (nSPS) is 23.0. The average molecular weight is 846 g/mol. The minimum Gasteiger partial charge on any atom is -0.493 e. The van der Waals surface area contributed by atoms with Crippen LogP contribution in [-0.4, -0.2) is 97.7 Å². The number of carbonyl (C=O) groups is 1. The number of aromatic nitrogens is 2. The molecule has 4 fully saturated rings. The lowest BCUT2D eigenvalue weighted by molar-refractivity contribution is -0.136. The Hall–Kier alpha value is -4.45. The number of halogens is 4. The number of benzene rings is 3. The van der Waals surface area contributed by atoms with E-state index in [0.29, 0.717) is 31.4 Å². The Bertz CT molecular complexity index is 2390. The Labute approximate surface area is 350 Å². The van der Waals surface area contributed by atoms with Crippen LogP contribution in [0.5, 0.6) is 11.8 Å². The van der Waals surface area contributed by atoms with Crippen LogP contribution >= 0.6 is 0 Å². The second kappa shape index (κ2) is 16.1. The van der Waals surface area contributed by atoms with Gasteiger partial charge in [0.15, 0.2) is 17.4 Å². The first-order valence-electron chi connectivity index (χ1n) is 21.4. The van der Waals surface area contributed by atoms with Gasteiger partial charge in [0.1, 0.15) is 38.0 Å². The summed E-state index contributed by atoms with van der Waals surface area (Å²) in [6.45, 7) is 15.1. The van der Waals surface area contributed by atoms with Gasteiger partial charge in [-0.3, -0.25) is 9.69 Å². The number of aliphatic carboxylic acids is 1. The van der Waals surface area contributed by atoms with Crippen molar-refractivity contribution in [3.63, 3.8) is 0 Å². The monoisotopic (exact) mass is 845 g/mol. The molecule has 4 aliphatic rings. The molecule has 8 rings (SSSR count). The summed E-state index contributed by atoms with van der Waals surface area (Å²) in [6, 6.07) is 5.91. The lowest BCUT2D eigenvalue weighted by Gasteiger charge is -2.38. The number of fused-ring (bicyclic) bond motifs is 5. The first-order valence-corrected chi connectivity index (χ1v) is 23.6. The third-order valence-corrected chi connectivity index (χ3v) is 20.2. The molecule has 4 atom stereocenters. The van der Waals surface area contributed by atoms with E-state index in [9.17, 15) is 14.3 Å². The fourth-order valence-corrected chi connectivity index (χ4v) is 16.5. The van der Waals surface area contributed by atoms with Crippen LogP contribution in [0.1, 0.15) is 84.8 Å². The molecule has 320 valence electrons. The number of nitrogens with zero attached hydrogens (tertiary/aromatic N) is 4. The number of carboxylic acids is 1. The highest BCUT2D eigenvalue weighted by Crippen LogP contribution is 2.47. The van der Waals surface area contributed by atoms with Crippen molar-refractivity contribution in [3.05, 3.63) is 52.8 Å². The summed E-state index contributed by atoms with van der Waals surface area (Å²) in [4.78, 5) is 25.6. The first kappa shape index (κ1) is 42.2. The standard InChI is InChI=1S/C46H55F4N5O4Si/c1-25(2)60(26(3)4,27(5)6)16-13-33-35(48)12-9-29-17-28(19-36(56)57)18-34(37(29)33)38-40(49)42-39(43(58-7)41(38)50)44(54-22-31-10-11-32(23-54)51-31)53-45(52-42)59-24-46-14-8-15-55(46)21-30(47)20-46/h9,12,17-18,25-27,30-32,51H,8,10-11,14-15,19-24H2,1-7H3,(H,56,57)/t30-,31?,32?,46+/m1/s1. The topological polar surface area (TPSA) is 100 Å². The number of hydrogen-bond donors (Lipinski definition) is 2. The minimum absolute atomic E-state index is 0.0205. The van der Waals surface area contributed by atoms with Crippen molar-refractivity contribution in [2.24, 2.45) is 0 Å². The van der Waals surface area contributed by atoms with Gasteiger partial charge in [-0.05, 0) is 77.5 Å². The Balaban J connectivity index is 1.39. The van der Waals surface area contributed by atoms with E-state index < -0.39 is 55.2 Å². The predicted octanol–water partition coefficient (Wildman–Crippen LogP) is 8.97. The van der Waals surface area contributed by atoms with Crippen molar-refractivity contribution >= 4 is 41.5 Å². The molecule has 0 saturated carbocycles. The van der Waals surface area contributed by atoms with E-state index in [1.54, 1.807) is 6.07 Å². The Morgan fingerprint density at radius 3 is 2.35 bits per heavy atom. The molecule has 60 heavy (non-hydrogen) atoms. The van der Waals surface area contributed by atoms with Crippen LogP contribution in [0.25, 0.3) is 32.8 Å². The molecule has 9 nitrogen and oxygen atoms in total. The number of methoxy groups -OCH3 is 1. The molecular formula is C46H55F4N5O4Si. The molecule has 3 aromatic carbocycles. The number of nitrogens with one attached hydrogen (secondary N) is 1. The summed E-state index contributed by atoms with van der Waals surface area (Å²) in [5, 5.41) is 14.0.